The summed E-state index contributed by atoms with van der Waals surface area (Å²) in [7, 11) is 0. The van der Waals surface area contributed by atoms with E-state index in [0.29, 0.717) is 42.9 Å². The van der Waals surface area contributed by atoms with E-state index >= 15 is 0 Å². The largest absolute Gasteiger partial charge is 0.453 e. The van der Waals surface area contributed by atoms with Crippen LogP contribution in [-0.2, 0) is 25.5 Å². The van der Waals surface area contributed by atoms with Gasteiger partial charge in [0.2, 0.25) is 5.91 Å². The molecule has 2 amide bonds. The summed E-state index contributed by atoms with van der Waals surface area (Å²) in [6, 6.07) is 7.35. The summed E-state index contributed by atoms with van der Waals surface area (Å²) in [5.74, 6) is -0.200. The van der Waals surface area contributed by atoms with Crippen LogP contribution in [0.3, 0.4) is 0 Å². The third-order valence-corrected chi connectivity index (χ3v) is 6.04. The highest BCUT2D eigenvalue weighted by Crippen LogP contribution is 2.34. The molecule has 2 aliphatic rings. The molecule has 0 bridgehead atoms. The lowest BCUT2D eigenvalue weighted by molar-refractivity contribution is -0.160. The standard InChI is InChI=1S/C23H28N4O5/c1-15(22(30)26-13-11-25(12-14-26)16(2)28)32-21(29)10-9-20-24-19-6-4-3-5-18(19)23(31)27(20)17-7-8-17/h3-6,15,17H,7-14H2,1-2H3. The summed E-state index contributed by atoms with van der Waals surface area (Å²) in [5, 5.41) is 0.579. The van der Waals surface area contributed by atoms with Gasteiger partial charge in [0.1, 0.15) is 5.82 Å². The van der Waals surface area contributed by atoms with Crippen molar-refractivity contribution >= 4 is 28.7 Å². The smallest absolute Gasteiger partial charge is 0.307 e. The lowest BCUT2D eigenvalue weighted by atomic mass is 10.2. The number of hydrogen-bond acceptors (Lipinski definition) is 6. The number of ether oxygens (including phenoxy) is 1. The van der Waals surface area contributed by atoms with Crippen molar-refractivity contribution in [2.45, 2.75) is 51.7 Å². The number of amides is 2. The normalized spacial score (nSPS) is 17.3. The molecule has 1 aliphatic carbocycles. The first-order chi connectivity index (χ1) is 15.3. The van der Waals surface area contributed by atoms with Crippen LogP contribution >= 0.6 is 0 Å². The summed E-state index contributed by atoms with van der Waals surface area (Å²) in [6.45, 7) is 4.88. The van der Waals surface area contributed by atoms with Crippen molar-refractivity contribution in [1.82, 2.24) is 19.4 Å². The molecule has 1 aromatic carbocycles. The van der Waals surface area contributed by atoms with Crippen LogP contribution in [0.15, 0.2) is 29.1 Å². The van der Waals surface area contributed by atoms with E-state index in [0.717, 1.165) is 12.8 Å². The van der Waals surface area contributed by atoms with Crippen LogP contribution in [0.5, 0.6) is 0 Å². The third-order valence-electron chi connectivity index (χ3n) is 6.04. The fourth-order valence-electron chi connectivity index (χ4n) is 4.10. The van der Waals surface area contributed by atoms with Crippen LogP contribution in [0.4, 0.5) is 0 Å². The number of aromatic nitrogens is 2. The second-order valence-electron chi connectivity index (χ2n) is 8.41. The van der Waals surface area contributed by atoms with E-state index in [9.17, 15) is 19.2 Å². The number of nitrogens with zero attached hydrogens (tertiary/aromatic N) is 4. The Hall–Kier alpha value is -3.23. The van der Waals surface area contributed by atoms with E-state index in [1.54, 1.807) is 33.4 Å². The van der Waals surface area contributed by atoms with Gasteiger partial charge in [-0.3, -0.25) is 23.7 Å². The molecule has 1 aliphatic heterocycles. The number of rotatable bonds is 6. The van der Waals surface area contributed by atoms with Crippen LogP contribution in [-0.4, -0.2) is 69.4 Å². The molecule has 1 aromatic heterocycles. The predicted octanol–water partition coefficient (Wildman–Crippen LogP) is 1.29. The average molecular weight is 441 g/mol. The van der Waals surface area contributed by atoms with Gasteiger partial charge in [0.05, 0.1) is 17.3 Å². The summed E-state index contributed by atoms with van der Waals surface area (Å²) in [6.07, 6.45) is 1.27. The number of carbonyl (C=O) groups is 3. The monoisotopic (exact) mass is 440 g/mol. The Morgan fingerprint density at radius 1 is 1.09 bits per heavy atom. The second-order valence-corrected chi connectivity index (χ2v) is 8.41. The molecule has 32 heavy (non-hydrogen) atoms. The molecule has 4 rings (SSSR count). The van der Waals surface area contributed by atoms with Crippen LogP contribution < -0.4 is 5.56 Å². The van der Waals surface area contributed by atoms with Gasteiger partial charge in [-0.15, -0.1) is 0 Å². The molecule has 0 spiro atoms. The third kappa shape index (κ3) is 4.66. The average Bonchev–Trinajstić information content (AvgIpc) is 3.62. The van der Waals surface area contributed by atoms with Crippen molar-refractivity contribution in [3.8, 4) is 0 Å². The van der Waals surface area contributed by atoms with E-state index < -0.39 is 12.1 Å². The molecule has 2 aromatic rings. The van der Waals surface area contributed by atoms with Gasteiger partial charge in [-0.1, -0.05) is 12.1 Å². The highest BCUT2D eigenvalue weighted by atomic mass is 16.5. The molecule has 1 unspecified atom stereocenters. The zero-order valence-electron chi connectivity index (χ0n) is 18.5. The topological polar surface area (TPSA) is 102 Å². The highest BCUT2D eigenvalue weighted by Gasteiger charge is 2.30. The number of benzene rings is 1. The number of fused-ring (bicyclic) bond motifs is 1. The minimum absolute atomic E-state index is 0.0106. The Bertz CT molecular complexity index is 1100. The molecular formula is C23H28N4O5. The number of piperazine rings is 1. The molecule has 0 radical (unpaired) electrons. The van der Waals surface area contributed by atoms with E-state index in [2.05, 4.69) is 4.98 Å². The Kier molecular flexibility index (Phi) is 6.25. The highest BCUT2D eigenvalue weighted by molar-refractivity contribution is 5.84. The maximum atomic E-state index is 12.9. The number of hydrogen-bond donors (Lipinski definition) is 0. The zero-order valence-corrected chi connectivity index (χ0v) is 18.5. The molecule has 170 valence electrons. The SMILES string of the molecule is CC(=O)N1CCN(C(=O)C(C)OC(=O)CCc2nc3ccccc3c(=O)n2C2CC2)CC1. The van der Waals surface area contributed by atoms with Gasteiger partial charge in [0.15, 0.2) is 6.10 Å². The Morgan fingerprint density at radius 2 is 1.75 bits per heavy atom. The van der Waals surface area contributed by atoms with Gasteiger partial charge < -0.3 is 14.5 Å². The van der Waals surface area contributed by atoms with E-state index in [1.165, 1.54) is 6.92 Å². The number of carbonyl (C=O) groups excluding carboxylic acids is 3. The van der Waals surface area contributed by atoms with Crippen molar-refractivity contribution in [2.24, 2.45) is 0 Å². The van der Waals surface area contributed by atoms with Crippen LogP contribution in [0.1, 0.15) is 45.0 Å². The van der Waals surface area contributed by atoms with Gasteiger partial charge in [-0.2, -0.15) is 0 Å². The first kappa shape index (κ1) is 22.0. The molecule has 9 heteroatoms. The van der Waals surface area contributed by atoms with Gasteiger partial charge in [0.25, 0.3) is 11.5 Å². The minimum atomic E-state index is -0.901. The quantitative estimate of drug-likeness (QED) is 0.628. The fourth-order valence-corrected chi connectivity index (χ4v) is 4.10. The van der Waals surface area contributed by atoms with Gasteiger partial charge >= 0.3 is 5.97 Å². The first-order valence-corrected chi connectivity index (χ1v) is 11.1. The Morgan fingerprint density at radius 3 is 2.41 bits per heavy atom. The van der Waals surface area contributed by atoms with Crippen molar-refractivity contribution in [1.29, 1.82) is 0 Å². The number of aryl methyl sites for hydroxylation is 1. The fraction of sp³-hybridized carbons (Fsp3) is 0.522. The van der Waals surface area contributed by atoms with Gasteiger partial charge in [0, 0.05) is 45.6 Å². The van der Waals surface area contributed by atoms with E-state index in [-0.39, 0.29) is 36.3 Å². The van der Waals surface area contributed by atoms with E-state index in [4.69, 9.17) is 4.74 Å². The van der Waals surface area contributed by atoms with Crippen LogP contribution in [0.25, 0.3) is 10.9 Å². The summed E-state index contributed by atoms with van der Waals surface area (Å²) >= 11 is 0. The van der Waals surface area contributed by atoms with Gasteiger partial charge in [-0.25, -0.2) is 4.98 Å². The second kappa shape index (κ2) is 9.10. The molecule has 1 atom stereocenters. The maximum Gasteiger partial charge on any atom is 0.307 e. The Labute approximate surface area is 186 Å². The molecular weight excluding hydrogens is 412 g/mol. The van der Waals surface area contributed by atoms with Crippen LogP contribution in [0, 0.1) is 0 Å². The predicted molar refractivity (Wildman–Crippen MR) is 117 cm³/mol. The minimum Gasteiger partial charge on any atom is -0.453 e. The molecule has 2 fully saturated rings. The summed E-state index contributed by atoms with van der Waals surface area (Å²) in [4.78, 5) is 57.3. The Balaban J connectivity index is 1.36. The molecule has 9 nitrogen and oxygen atoms in total. The van der Waals surface area contributed by atoms with Crippen molar-refractivity contribution < 1.29 is 19.1 Å². The lowest BCUT2D eigenvalue weighted by Gasteiger charge is -2.35. The number of para-hydroxylation sites is 1. The summed E-state index contributed by atoms with van der Waals surface area (Å²) in [5.41, 5.74) is 0.542. The molecule has 1 saturated carbocycles. The number of esters is 1. The summed E-state index contributed by atoms with van der Waals surface area (Å²) < 4.78 is 7.08. The van der Waals surface area contributed by atoms with Gasteiger partial charge in [-0.05, 0) is 31.9 Å². The lowest BCUT2D eigenvalue weighted by Crippen LogP contribution is -2.52. The van der Waals surface area contributed by atoms with Crippen molar-refractivity contribution in [3.63, 3.8) is 0 Å². The van der Waals surface area contributed by atoms with Crippen molar-refractivity contribution in [2.75, 3.05) is 26.2 Å². The first-order valence-electron chi connectivity index (χ1n) is 11.1. The maximum absolute atomic E-state index is 12.9. The molecule has 2 heterocycles. The zero-order chi connectivity index (χ0) is 22.8. The van der Waals surface area contributed by atoms with Crippen LogP contribution in [0.2, 0.25) is 0 Å². The molecule has 0 N–H and O–H groups in total. The molecule has 1 saturated heterocycles. The van der Waals surface area contributed by atoms with E-state index in [1.807, 2.05) is 12.1 Å². The van der Waals surface area contributed by atoms with Crippen molar-refractivity contribution in [3.05, 3.63) is 40.4 Å².